The molecule has 12 heteroatoms. The SMILES string of the molecule is COc1ccccc1-c1csc(N(Cc2ccc(C(=O)NCCC(=O)O)cc2)c2ccc(OC(F)(F)F)cc2)n1. The molecule has 0 bridgehead atoms. The fourth-order valence-electron chi connectivity index (χ4n) is 3.79. The highest BCUT2D eigenvalue weighted by Crippen LogP contribution is 2.37. The van der Waals surface area contributed by atoms with E-state index in [-0.39, 0.29) is 18.7 Å². The van der Waals surface area contributed by atoms with E-state index >= 15 is 0 Å². The lowest BCUT2D eigenvalue weighted by atomic mass is 10.1. The second-order valence-electron chi connectivity index (χ2n) is 8.44. The number of hydrogen-bond donors (Lipinski definition) is 2. The molecule has 8 nitrogen and oxygen atoms in total. The molecular formula is C28H24F3N3O5S. The molecule has 1 heterocycles. The molecule has 0 spiro atoms. The van der Waals surface area contributed by atoms with Gasteiger partial charge in [-0.2, -0.15) is 0 Å². The van der Waals surface area contributed by atoms with Crippen molar-refractivity contribution in [2.45, 2.75) is 19.3 Å². The highest BCUT2D eigenvalue weighted by atomic mass is 32.1. The quantitative estimate of drug-likeness (QED) is 0.219. The maximum Gasteiger partial charge on any atom is 0.573 e. The Labute approximate surface area is 231 Å². The van der Waals surface area contributed by atoms with Crippen molar-refractivity contribution in [3.8, 4) is 22.8 Å². The second-order valence-corrected chi connectivity index (χ2v) is 9.28. The van der Waals surface area contributed by atoms with Crippen molar-refractivity contribution >= 4 is 34.0 Å². The van der Waals surface area contributed by atoms with Crippen LogP contribution >= 0.6 is 11.3 Å². The van der Waals surface area contributed by atoms with Crippen molar-refractivity contribution in [3.63, 3.8) is 0 Å². The van der Waals surface area contributed by atoms with E-state index in [9.17, 15) is 22.8 Å². The van der Waals surface area contributed by atoms with E-state index in [1.54, 1.807) is 31.4 Å². The number of methoxy groups -OCH3 is 1. The van der Waals surface area contributed by atoms with Gasteiger partial charge in [0.05, 0.1) is 25.8 Å². The van der Waals surface area contributed by atoms with Gasteiger partial charge in [-0.25, -0.2) is 4.98 Å². The van der Waals surface area contributed by atoms with Crippen molar-refractivity contribution < 1.29 is 37.3 Å². The molecule has 4 aromatic rings. The molecule has 1 aromatic heterocycles. The fraction of sp³-hybridized carbons (Fsp3) is 0.179. The molecule has 0 aliphatic carbocycles. The molecule has 4 rings (SSSR count). The van der Waals surface area contributed by atoms with Gasteiger partial charge in [0.1, 0.15) is 11.5 Å². The third-order valence-corrected chi connectivity index (χ3v) is 6.53. The molecule has 40 heavy (non-hydrogen) atoms. The summed E-state index contributed by atoms with van der Waals surface area (Å²) in [5.74, 6) is -1.10. The van der Waals surface area contributed by atoms with Crippen LogP contribution in [0.15, 0.2) is 78.2 Å². The number of carboxylic acids is 1. The number of benzene rings is 3. The summed E-state index contributed by atoms with van der Waals surface area (Å²) in [5, 5.41) is 13.7. The summed E-state index contributed by atoms with van der Waals surface area (Å²) in [6.45, 7) is 0.301. The number of amides is 1. The van der Waals surface area contributed by atoms with Gasteiger partial charge < -0.3 is 24.8 Å². The average Bonchev–Trinajstić information content (AvgIpc) is 3.41. The number of ether oxygens (including phenoxy) is 2. The van der Waals surface area contributed by atoms with Crippen LogP contribution in [0, 0.1) is 0 Å². The van der Waals surface area contributed by atoms with E-state index < -0.39 is 18.2 Å². The number of rotatable bonds is 11. The van der Waals surface area contributed by atoms with Crippen molar-refractivity contribution in [2.24, 2.45) is 0 Å². The van der Waals surface area contributed by atoms with E-state index in [1.807, 2.05) is 34.5 Å². The second kappa shape index (κ2) is 12.5. The number of nitrogens with zero attached hydrogens (tertiary/aromatic N) is 2. The summed E-state index contributed by atoms with van der Waals surface area (Å²) in [4.78, 5) is 29.6. The number of hydrogen-bond acceptors (Lipinski definition) is 7. The molecule has 0 fully saturated rings. The zero-order valence-corrected chi connectivity index (χ0v) is 22.0. The number of carboxylic acid groups (broad SMARTS) is 1. The first-order valence-corrected chi connectivity index (χ1v) is 12.8. The highest BCUT2D eigenvalue weighted by molar-refractivity contribution is 7.14. The number of anilines is 2. The first-order valence-electron chi connectivity index (χ1n) is 11.9. The van der Waals surface area contributed by atoms with Crippen molar-refractivity contribution in [1.29, 1.82) is 0 Å². The van der Waals surface area contributed by atoms with Crippen LogP contribution in [-0.2, 0) is 11.3 Å². The number of alkyl halides is 3. The molecule has 0 aliphatic heterocycles. The Morgan fingerprint density at radius 1 is 1.02 bits per heavy atom. The van der Waals surface area contributed by atoms with Crippen molar-refractivity contribution in [1.82, 2.24) is 10.3 Å². The number of halogens is 3. The van der Waals surface area contributed by atoms with Gasteiger partial charge in [-0.1, -0.05) is 24.3 Å². The van der Waals surface area contributed by atoms with E-state index in [2.05, 4.69) is 10.1 Å². The number of para-hydroxylation sites is 1. The van der Waals surface area contributed by atoms with Crippen LogP contribution in [-0.4, -0.2) is 42.0 Å². The molecule has 0 radical (unpaired) electrons. The molecule has 3 aromatic carbocycles. The fourth-order valence-corrected chi connectivity index (χ4v) is 4.64. The molecule has 0 saturated heterocycles. The minimum Gasteiger partial charge on any atom is -0.496 e. The van der Waals surface area contributed by atoms with E-state index in [4.69, 9.17) is 14.8 Å². The number of nitrogens with one attached hydrogen (secondary N) is 1. The van der Waals surface area contributed by atoms with Crippen LogP contribution in [0.25, 0.3) is 11.3 Å². The number of carbonyl (C=O) groups excluding carboxylic acids is 1. The van der Waals surface area contributed by atoms with Crippen LogP contribution in [0.1, 0.15) is 22.3 Å². The maximum absolute atomic E-state index is 12.7. The first kappa shape index (κ1) is 28.4. The summed E-state index contributed by atoms with van der Waals surface area (Å²) in [6, 6.07) is 19.6. The summed E-state index contributed by atoms with van der Waals surface area (Å²) in [6.07, 6.45) is -4.99. The number of carbonyl (C=O) groups is 2. The predicted octanol–water partition coefficient (Wildman–Crippen LogP) is 6.26. The van der Waals surface area contributed by atoms with Gasteiger partial charge in [0.25, 0.3) is 5.91 Å². The van der Waals surface area contributed by atoms with Crippen molar-refractivity contribution in [3.05, 3.63) is 89.3 Å². The molecule has 208 valence electrons. The molecule has 1 amide bonds. The monoisotopic (exact) mass is 571 g/mol. The van der Waals surface area contributed by atoms with Crippen LogP contribution in [0.4, 0.5) is 24.0 Å². The molecule has 2 N–H and O–H groups in total. The summed E-state index contributed by atoms with van der Waals surface area (Å²) in [5.41, 5.74) is 3.20. The topological polar surface area (TPSA) is 101 Å². The van der Waals surface area contributed by atoms with Crippen LogP contribution < -0.4 is 19.7 Å². The smallest absolute Gasteiger partial charge is 0.496 e. The Bertz CT molecular complexity index is 1460. The Hall–Kier alpha value is -4.58. The van der Waals surface area contributed by atoms with E-state index in [0.29, 0.717) is 34.4 Å². The first-order chi connectivity index (χ1) is 19.1. The largest absolute Gasteiger partial charge is 0.573 e. The van der Waals surface area contributed by atoms with E-state index in [0.717, 1.165) is 11.1 Å². The molecule has 0 aliphatic rings. The summed E-state index contributed by atoms with van der Waals surface area (Å²) in [7, 11) is 1.57. The lowest BCUT2D eigenvalue weighted by Gasteiger charge is -2.23. The molecule has 0 atom stereocenters. The zero-order chi connectivity index (χ0) is 28.7. The van der Waals surface area contributed by atoms with Gasteiger partial charge in [-0.05, 0) is 54.1 Å². The third kappa shape index (κ3) is 7.50. The van der Waals surface area contributed by atoms with Gasteiger partial charge >= 0.3 is 12.3 Å². The summed E-state index contributed by atoms with van der Waals surface area (Å²) < 4.78 is 47.5. The van der Waals surface area contributed by atoms with Crippen molar-refractivity contribution in [2.75, 3.05) is 18.6 Å². The Balaban J connectivity index is 1.60. The van der Waals surface area contributed by atoms with Gasteiger partial charge in [-0.3, -0.25) is 9.59 Å². The van der Waals surface area contributed by atoms with Crippen LogP contribution in [0.2, 0.25) is 0 Å². The van der Waals surface area contributed by atoms with Gasteiger partial charge in [0.2, 0.25) is 0 Å². The lowest BCUT2D eigenvalue weighted by molar-refractivity contribution is -0.274. The molecule has 0 unspecified atom stereocenters. The van der Waals surface area contributed by atoms with Gasteiger partial charge in [0.15, 0.2) is 5.13 Å². The van der Waals surface area contributed by atoms with Crippen LogP contribution in [0.3, 0.4) is 0 Å². The zero-order valence-electron chi connectivity index (χ0n) is 21.1. The van der Waals surface area contributed by atoms with Crippen LogP contribution in [0.5, 0.6) is 11.5 Å². The Kier molecular flexibility index (Phi) is 8.90. The Morgan fingerprint density at radius 3 is 2.38 bits per heavy atom. The number of thiazole rings is 1. The van der Waals surface area contributed by atoms with Gasteiger partial charge in [0, 0.05) is 28.7 Å². The minimum atomic E-state index is -4.80. The average molecular weight is 572 g/mol. The normalized spacial score (nSPS) is 11.1. The van der Waals surface area contributed by atoms with E-state index in [1.165, 1.54) is 35.6 Å². The Morgan fingerprint density at radius 2 is 1.73 bits per heavy atom. The van der Waals surface area contributed by atoms with Gasteiger partial charge in [-0.15, -0.1) is 24.5 Å². The molecule has 0 saturated carbocycles. The molecular weight excluding hydrogens is 547 g/mol. The maximum atomic E-state index is 12.7. The predicted molar refractivity (Wildman–Crippen MR) is 144 cm³/mol. The summed E-state index contributed by atoms with van der Waals surface area (Å²) >= 11 is 1.36. The number of aromatic nitrogens is 1. The minimum absolute atomic E-state index is 0.0102. The third-order valence-electron chi connectivity index (χ3n) is 5.67. The highest BCUT2D eigenvalue weighted by Gasteiger charge is 2.31. The number of aliphatic carboxylic acids is 1. The standard InChI is InChI=1S/C28H24F3N3O5S/c1-38-24-5-3-2-4-22(24)23-17-40-27(33-23)34(20-10-12-21(13-11-20)39-28(29,30)31)16-18-6-8-19(9-7-18)26(37)32-15-14-25(35)36/h2-13,17H,14-16H2,1H3,(H,32,37)(H,35,36). The lowest BCUT2D eigenvalue weighted by Crippen LogP contribution is -2.26.